The second-order valence-electron chi connectivity index (χ2n) is 5.83. The number of nitrogens with one attached hydrogen (secondary N) is 1. The molecule has 2 aromatic heterocycles. The van der Waals surface area contributed by atoms with Gasteiger partial charge in [-0.3, -0.25) is 9.48 Å². The van der Waals surface area contributed by atoms with Crippen LogP contribution in [0.15, 0.2) is 24.3 Å². The van der Waals surface area contributed by atoms with E-state index in [2.05, 4.69) is 15.4 Å². The van der Waals surface area contributed by atoms with Gasteiger partial charge in [0.2, 0.25) is 5.91 Å². The number of aryl methyl sites for hydroxylation is 2. The normalized spacial score (nSPS) is 12.3. The molecule has 8 heteroatoms. The summed E-state index contributed by atoms with van der Waals surface area (Å²) in [7, 11) is 1.85. The Morgan fingerprint density at radius 1 is 1.36 bits per heavy atom. The summed E-state index contributed by atoms with van der Waals surface area (Å²) >= 11 is 1.09. The molecule has 0 radical (unpaired) electrons. The SMILES string of the molecule is Cc1nc(C(C)NC(=O)Cc2nn(C)c3ccccc23)sc1C(=O)O. The number of para-hydroxylation sites is 1. The quantitative estimate of drug-likeness (QED) is 0.730. The second-order valence-corrected chi connectivity index (χ2v) is 6.86. The zero-order valence-electron chi connectivity index (χ0n) is 14.1. The number of fused-ring (bicyclic) bond motifs is 1. The Labute approximate surface area is 148 Å². The van der Waals surface area contributed by atoms with Crippen molar-refractivity contribution in [2.45, 2.75) is 26.3 Å². The molecule has 1 amide bonds. The predicted octanol–water partition coefficient (Wildman–Crippen LogP) is 2.46. The van der Waals surface area contributed by atoms with Gasteiger partial charge in [-0.25, -0.2) is 9.78 Å². The van der Waals surface area contributed by atoms with Crippen LogP contribution in [0, 0.1) is 6.92 Å². The minimum absolute atomic E-state index is 0.155. The number of carbonyl (C=O) groups excluding carboxylic acids is 1. The van der Waals surface area contributed by atoms with Crippen LogP contribution in [0.3, 0.4) is 0 Å². The Hall–Kier alpha value is -2.74. The average Bonchev–Trinajstić information content (AvgIpc) is 3.09. The summed E-state index contributed by atoms with van der Waals surface area (Å²) in [6.07, 6.45) is 0.155. The van der Waals surface area contributed by atoms with Crippen molar-refractivity contribution in [1.29, 1.82) is 0 Å². The largest absolute Gasteiger partial charge is 0.477 e. The number of carboxylic acids is 1. The fourth-order valence-corrected chi connectivity index (χ4v) is 3.63. The molecule has 0 fully saturated rings. The number of carbonyl (C=O) groups is 2. The first kappa shape index (κ1) is 17.1. The molecule has 3 rings (SSSR count). The molecule has 3 aromatic rings. The highest BCUT2D eigenvalue weighted by atomic mass is 32.1. The molecular formula is C17H18N4O3S. The Bertz CT molecular complexity index is 960. The molecule has 25 heavy (non-hydrogen) atoms. The number of benzene rings is 1. The Morgan fingerprint density at radius 3 is 2.76 bits per heavy atom. The third kappa shape index (κ3) is 3.39. The van der Waals surface area contributed by atoms with Crippen molar-refractivity contribution in [3.63, 3.8) is 0 Å². The molecule has 1 aromatic carbocycles. The molecular weight excluding hydrogens is 340 g/mol. The van der Waals surface area contributed by atoms with Gasteiger partial charge in [0.05, 0.1) is 29.4 Å². The lowest BCUT2D eigenvalue weighted by molar-refractivity contribution is -0.121. The first-order valence-electron chi connectivity index (χ1n) is 7.77. The topological polar surface area (TPSA) is 97.1 Å². The van der Waals surface area contributed by atoms with Crippen molar-refractivity contribution in [2.75, 3.05) is 0 Å². The van der Waals surface area contributed by atoms with Crippen molar-refractivity contribution >= 4 is 34.1 Å². The van der Waals surface area contributed by atoms with E-state index in [1.165, 1.54) is 0 Å². The van der Waals surface area contributed by atoms with E-state index in [4.69, 9.17) is 5.11 Å². The van der Waals surface area contributed by atoms with Crippen molar-refractivity contribution in [2.24, 2.45) is 7.05 Å². The van der Waals surface area contributed by atoms with E-state index in [0.29, 0.717) is 16.4 Å². The molecule has 0 aliphatic carbocycles. The van der Waals surface area contributed by atoms with E-state index in [-0.39, 0.29) is 23.2 Å². The number of carboxylic acid groups (broad SMARTS) is 1. The molecule has 130 valence electrons. The van der Waals surface area contributed by atoms with Gasteiger partial charge in [-0.05, 0) is 19.9 Å². The molecule has 0 aliphatic heterocycles. The summed E-state index contributed by atoms with van der Waals surface area (Å²) in [5.41, 5.74) is 2.15. The van der Waals surface area contributed by atoms with Gasteiger partial charge < -0.3 is 10.4 Å². The number of aromatic carboxylic acids is 1. The first-order chi connectivity index (χ1) is 11.9. The third-order valence-electron chi connectivity index (χ3n) is 3.92. The van der Waals surface area contributed by atoms with Crippen LogP contribution in [0.4, 0.5) is 0 Å². The maximum absolute atomic E-state index is 12.4. The minimum atomic E-state index is -1.00. The van der Waals surface area contributed by atoms with E-state index < -0.39 is 5.97 Å². The van der Waals surface area contributed by atoms with Gasteiger partial charge in [-0.15, -0.1) is 11.3 Å². The van der Waals surface area contributed by atoms with Gasteiger partial charge in [0.15, 0.2) is 0 Å². The van der Waals surface area contributed by atoms with Gasteiger partial charge in [0.1, 0.15) is 9.88 Å². The molecule has 0 spiro atoms. The van der Waals surface area contributed by atoms with E-state index in [0.717, 1.165) is 22.2 Å². The van der Waals surface area contributed by atoms with E-state index >= 15 is 0 Å². The number of hydrogen-bond acceptors (Lipinski definition) is 5. The highest BCUT2D eigenvalue weighted by molar-refractivity contribution is 7.13. The van der Waals surface area contributed by atoms with Gasteiger partial charge in [0.25, 0.3) is 0 Å². The van der Waals surface area contributed by atoms with E-state index in [1.807, 2.05) is 31.3 Å². The molecule has 0 bridgehead atoms. The maximum Gasteiger partial charge on any atom is 0.347 e. The minimum Gasteiger partial charge on any atom is -0.477 e. The molecule has 1 atom stereocenters. The summed E-state index contributed by atoms with van der Waals surface area (Å²) in [6, 6.07) is 7.38. The highest BCUT2D eigenvalue weighted by Gasteiger charge is 2.20. The third-order valence-corrected chi connectivity index (χ3v) is 5.25. The molecule has 7 nitrogen and oxygen atoms in total. The lowest BCUT2D eigenvalue weighted by atomic mass is 10.1. The van der Waals surface area contributed by atoms with Crippen LogP contribution in [0.25, 0.3) is 10.9 Å². The number of rotatable bonds is 5. The zero-order chi connectivity index (χ0) is 18.1. The van der Waals surface area contributed by atoms with Crippen LogP contribution >= 0.6 is 11.3 Å². The first-order valence-corrected chi connectivity index (χ1v) is 8.59. The summed E-state index contributed by atoms with van der Waals surface area (Å²) in [5, 5.41) is 17.9. The number of hydrogen-bond donors (Lipinski definition) is 2. The fraction of sp³-hybridized carbons (Fsp3) is 0.294. The Morgan fingerprint density at radius 2 is 2.08 bits per heavy atom. The van der Waals surface area contributed by atoms with E-state index in [9.17, 15) is 9.59 Å². The second kappa shape index (κ2) is 6.64. The zero-order valence-corrected chi connectivity index (χ0v) is 14.9. The lowest BCUT2D eigenvalue weighted by Crippen LogP contribution is -2.28. The molecule has 2 N–H and O–H groups in total. The van der Waals surface area contributed by atoms with Gasteiger partial charge in [-0.1, -0.05) is 18.2 Å². The number of nitrogens with zero attached hydrogens (tertiary/aromatic N) is 3. The maximum atomic E-state index is 12.4. The number of aromatic nitrogens is 3. The van der Waals surface area contributed by atoms with Crippen LogP contribution in [0.1, 0.15) is 39.0 Å². The van der Waals surface area contributed by atoms with E-state index in [1.54, 1.807) is 18.5 Å². The highest BCUT2D eigenvalue weighted by Crippen LogP contribution is 2.24. The Balaban J connectivity index is 1.73. The van der Waals surface area contributed by atoms with Gasteiger partial charge >= 0.3 is 5.97 Å². The molecule has 0 aliphatic rings. The molecule has 1 unspecified atom stereocenters. The van der Waals surface area contributed by atoms with Crippen molar-refractivity contribution in [3.05, 3.63) is 45.5 Å². The van der Waals surface area contributed by atoms with Crippen LogP contribution in [-0.4, -0.2) is 31.7 Å². The van der Waals surface area contributed by atoms with Gasteiger partial charge in [-0.2, -0.15) is 5.10 Å². The molecule has 0 saturated heterocycles. The van der Waals surface area contributed by atoms with Crippen LogP contribution < -0.4 is 5.32 Å². The van der Waals surface area contributed by atoms with Crippen molar-refractivity contribution < 1.29 is 14.7 Å². The predicted molar refractivity (Wildman–Crippen MR) is 94.8 cm³/mol. The summed E-state index contributed by atoms with van der Waals surface area (Å²) in [6.45, 7) is 3.44. The summed E-state index contributed by atoms with van der Waals surface area (Å²) in [4.78, 5) is 27.9. The molecule has 2 heterocycles. The van der Waals surface area contributed by atoms with Crippen LogP contribution in [-0.2, 0) is 18.3 Å². The number of thiazole rings is 1. The smallest absolute Gasteiger partial charge is 0.347 e. The number of amides is 1. The van der Waals surface area contributed by atoms with Crippen LogP contribution in [0.2, 0.25) is 0 Å². The fourth-order valence-electron chi connectivity index (χ4n) is 2.73. The standard InChI is InChI=1S/C17H18N4O3S/c1-9-15(17(23)24)25-16(19-9)10(2)18-14(22)8-12-11-6-4-5-7-13(11)21(3)20-12/h4-7,10H,8H2,1-3H3,(H,18,22)(H,23,24). The monoisotopic (exact) mass is 358 g/mol. The Kier molecular flexibility index (Phi) is 4.54. The summed E-state index contributed by atoms with van der Waals surface area (Å²) in [5.74, 6) is -1.18. The average molecular weight is 358 g/mol. The molecule has 0 saturated carbocycles. The van der Waals surface area contributed by atoms with Crippen molar-refractivity contribution in [3.8, 4) is 0 Å². The lowest BCUT2D eigenvalue weighted by Gasteiger charge is -2.10. The van der Waals surface area contributed by atoms with Crippen molar-refractivity contribution in [1.82, 2.24) is 20.1 Å². The van der Waals surface area contributed by atoms with Gasteiger partial charge in [0, 0.05) is 12.4 Å². The summed E-state index contributed by atoms with van der Waals surface area (Å²) < 4.78 is 1.75. The van der Waals surface area contributed by atoms with Crippen LogP contribution in [0.5, 0.6) is 0 Å².